The third-order valence-electron chi connectivity index (χ3n) is 7.52. The third kappa shape index (κ3) is 4.50. The summed E-state index contributed by atoms with van der Waals surface area (Å²) in [5.41, 5.74) is 7.21. The van der Waals surface area contributed by atoms with E-state index in [1.54, 1.807) is 6.08 Å². The molecule has 0 aliphatic heterocycles. The molecular weight excluding hydrogens is 474 g/mol. The summed E-state index contributed by atoms with van der Waals surface area (Å²) in [6.45, 7) is 0.601. The van der Waals surface area contributed by atoms with Crippen LogP contribution in [0.1, 0.15) is 45.2 Å². The van der Waals surface area contributed by atoms with Crippen molar-refractivity contribution in [1.29, 1.82) is 0 Å². The fourth-order valence-corrected chi connectivity index (χ4v) is 5.60. The van der Waals surface area contributed by atoms with Gasteiger partial charge in [-0.15, -0.1) is 0 Å². The van der Waals surface area contributed by atoms with E-state index >= 15 is 0 Å². The van der Waals surface area contributed by atoms with E-state index < -0.39 is 0 Å². The maximum Gasteiger partial charge on any atom is 0.330 e. The molecule has 0 radical (unpaired) electrons. The first kappa shape index (κ1) is 23.8. The predicted octanol–water partition coefficient (Wildman–Crippen LogP) is 6.21. The van der Waals surface area contributed by atoms with Crippen molar-refractivity contribution in [3.63, 3.8) is 0 Å². The molecule has 0 fully saturated rings. The van der Waals surface area contributed by atoms with Crippen molar-refractivity contribution in [3.05, 3.63) is 113 Å². The number of nitrogens with one attached hydrogen (secondary N) is 2. The first-order valence-electron chi connectivity index (χ1n) is 12.9. The van der Waals surface area contributed by atoms with Crippen LogP contribution in [-0.2, 0) is 22.4 Å². The molecule has 190 valence electrons. The number of para-hydroxylation sites is 2. The monoisotopic (exact) mass is 503 g/mol. The van der Waals surface area contributed by atoms with Gasteiger partial charge in [-0.3, -0.25) is 4.79 Å². The summed E-state index contributed by atoms with van der Waals surface area (Å²) in [5.74, 6) is -0.371. The minimum atomic E-state index is -0.379. The van der Waals surface area contributed by atoms with Gasteiger partial charge in [0, 0.05) is 40.6 Å². The molecule has 1 unspecified atom stereocenters. The molecule has 6 heteroatoms. The van der Waals surface area contributed by atoms with Crippen LogP contribution >= 0.6 is 0 Å². The van der Waals surface area contributed by atoms with Crippen LogP contribution in [0.3, 0.4) is 0 Å². The summed E-state index contributed by atoms with van der Waals surface area (Å²) in [5, 5.41) is 2.22. The van der Waals surface area contributed by atoms with Gasteiger partial charge in [-0.1, -0.05) is 54.6 Å². The minimum absolute atomic E-state index is 0.00792. The Morgan fingerprint density at radius 2 is 1.84 bits per heavy atom. The standard InChI is InChI=1S/C32H29N3O3/c1-38-31(36)15-11-21-10-13-26-22(18-21)12-14-30(26)35(17-16-24-20-33-28-9-5-3-7-25(24)28)32(37)29-19-23-6-2-4-8-27(23)34-29/h2-11,13,15,18-20,30,33-34H,12,14,16-17H2,1H3/b15-11+. The lowest BCUT2D eigenvalue weighted by Gasteiger charge is -2.30. The number of hydrogen-bond donors (Lipinski definition) is 2. The molecule has 1 aliphatic carbocycles. The molecular formula is C32H29N3O3. The van der Waals surface area contributed by atoms with E-state index in [0.717, 1.165) is 41.2 Å². The zero-order chi connectivity index (χ0) is 26.1. The first-order chi connectivity index (χ1) is 18.6. The van der Waals surface area contributed by atoms with E-state index in [1.165, 1.54) is 35.3 Å². The molecule has 38 heavy (non-hydrogen) atoms. The number of carbonyl (C=O) groups excluding carboxylic acids is 2. The van der Waals surface area contributed by atoms with Gasteiger partial charge in [0.05, 0.1) is 13.2 Å². The molecule has 3 aromatic carbocycles. The van der Waals surface area contributed by atoms with Crippen molar-refractivity contribution in [3.8, 4) is 0 Å². The molecule has 0 spiro atoms. The molecule has 0 saturated heterocycles. The molecule has 6 rings (SSSR count). The number of rotatable bonds is 7. The van der Waals surface area contributed by atoms with Crippen molar-refractivity contribution >= 4 is 39.8 Å². The van der Waals surface area contributed by atoms with Crippen molar-refractivity contribution in [1.82, 2.24) is 14.9 Å². The number of amides is 1. The fraction of sp³-hybridized carbons (Fsp3) is 0.188. The highest BCUT2D eigenvalue weighted by Crippen LogP contribution is 2.38. The lowest BCUT2D eigenvalue weighted by molar-refractivity contribution is -0.134. The third-order valence-corrected chi connectivity index (χ3v) is 7.52. The number of fused-ring (bicyclic) bond motifs is 3. The summed E-state index contributed by atoms with van der Waals surface area (Å²) in [4.78, 5) is 34.3. The van der Waals surface area contributed by atoms with Crippen LogP contribution in [0, 0.1) is 0 Å². The SMILES string of the molecule is COC(=O)/C=C/c1ccc2c(c1)CCC2N(CCc1c[nH]c2ccccc12)C(=O)c1cc2ccccc2[nH]1. The minimum Gasteiger partial charge on any atom is -0.466 e. The van der Waals surface area contributed by atoms with Gasteiger partial charge in [0.1, 0.15) is 5.69 Å². The fourth-order valence-electron chi connectivity index (χ4n) is 5.60. The highest BCUT2D eigenvalue weighted by Gasteiger charge is 2.32. The number of ether oxygens (including phenoxy) is 1. The zero-order valence-electron chi connectivity index (χ0n) is 21.2. The van der Waals surface area contributed by atoms with Crippen molar-refractivity contribution in [2.75, 3.05) is 13.7 Å². The topological polar surface area (TPSA) is 78.2 Å². The lowest BCUT2D eigenvalue weighted by Crippen LogP contribution is -2.36. The molecule has 1 aliphatic rings. The Kier molecular flexibility index (Phi) is 6.30. The number of benzene rings is 3. The summed E-state index contributed by atoms with van der Waals surface area (Å²) in [6, 6.07) is 24.4. The normalized spacial score (nSPS) is 14.8. The second kappa shape index (κ2) is 10.1. The van der Waals surface area contributed by atoms with E-state index in [0.29, 0.717) is 12.2 Å². The molecule has 0 saturated carbocycles. The zero-order valence-corrected chi connectivity index (χ0v) is 21.2. The Morgan fingerprint density at radius 1 is 1.03 bits per heavy atom. The van der Waals surface area contributed by atoms with E-state index in [2.05, 4.69) is 40.4 Å². The predicted molar refractivity (Wildman–Crippen MR) is 150 cm³/mol. The summed E-state index contributed by atoms with van der Waals surface area (Å²) in [6.07, 6.45) is 7.74. The summed E-state index contributed by atoms with van der Waals surface area (Å²) in [7, 11) is 1.37. The Morgan fingerprint density at radius 3 is 2.68 bits per heavy atom. The molecule has 5 aromatic rings. The van der Waals surface area contributed by atoms with E-state index in [4.69, 9.17) is 4.74 Å². The van der Waals surface area contributed by atoms with Crippen LogP contribution in [0.15, 0.2) is 85.1 Å². The number of methoxy groups -OCH3 is 1. The average molecular weight is 504 g/mol. The highest BCUT2D eigenvalue weighted by atomic mass is 16.5. The van der Waals surface area contributed by atoms with Crippen LogP contribution in [0.5, 0.6) is 0 Å². The second-order valence-electron chi connectivity index (χ2n) is 9.75. The van der Waals surface area contributed by atoms with Gasteiger partial charge < -0.3 is 19.6 Å². The van der Waals surface area contributed by atoms with Crippen LogP contribution < -0.4 is 0 Å². The van der Waals surface area contributed by atoms with E-state index in [1.807, 2.05) is 53.4 Å². The largest absolute Gasteiger partial charge is 0.466 e. The number of aromatic nitrogens is 2. The van der Waals surface area contributed by atoms with Gasteiger partial charge in [-0.2, -0.15) is 0 Å². The maximum atomic E-state index is 14.0. The number of hydrogen-bond acceptors (Lipinski definition) is 3. The van der Waals surface area contributed by atoms with Gasteiger partial charge in [-0.05, 0) is 65.8 Å². The average Bonchev–Trinajstić information content (AvgIpc) is 3.68. The maximum absolute atomic E-state index is 14.0. The Labute approximate surface area is 220 Å². The Bertz CT molecular complexity index is 1640. The van der Waals surface area contributed by atoms with Gasteiger partial charge in [0.25, 0.3) is 5.91 Å². The number of aromatic amines is 2. The Balaban J connectivity index is 1.32. The summed E-state index contributed by atoms with van der Waals surface area (Å²) >= 11 is 0. The Hall–Kier alpha value is -4.58. The number of H-pyrrole nitrogens is 2. The molecule has 2 N–H and O–H groups in total. The number of nitrogens with zero attached hydrogens (tertiary/aromatic N) is 1. The summed E-state index contributed by atoms with van der Waals surface area (Å²) < 4.78 is 4.71. The van der Waals surface area contributed by atoms with Crippen LogP contribution in [0.2, 0.25) is 0 Å². The van der Waals surface area contributed by atoms with Gasteiger partial charge in [0.2, 0.25) is 0 Å². The van der Waals surface area contributed by atoms with Gasteiger partial charge in [-0.25, -0.2) is 4.79 Å². The second-order valence-corrected chi connectivity index (χ2v) is 9.75. The molecule has 2 aromatic heterocycles. The van der Waals surface area contributed by atoms with E-state index in [-0.39, 0.29) is 17.9 Å². The van der Waals surface area contributed by atoms with Crippen LogP contribution in [0.4, 0.5) is 0 Å². The first-order valence-corrected chi connectivity index (χ1v) is 12.9. The number of aryl methyl sites for hydroxylation is 1. The van der Waals surface area contributed by atoms with Crippen LogP contribution in [0.25, 0.3) is 27.9 Å². The number of esters is 1. The van der Waals surface area contributed by atoms with Gasteiger partial charge in [0.15, 0.2) is 0 Å². The number of carbonyl (C=O) groups is 2. The molecule has 0 bridgehead atoms. The quantitative estimate of drug-likeness (QED) is 0.205. The van der Waals surface area contributed by atoms with Gasteiger partial charge >= 0.3 is 5.97 Å². The molecule has 2 heterocycles. The molecule has 1 atom stereocenters. The van der Waals surface area contributed by atoms with Crippen molar-refractivity contribution in [2.45, 2.75) is 25.3 Å². The lowest BCUT2D eigenvalue weighted by atomic mass is 10.0. The van der Waals surface area contributed by atoms with E-state index in [9.17, 15) is 9.59 Å². The highest BCUT2D eigenvalue weighted by molar-refractivity contribution is 5.98. The smallest absolute Gasteiger partial charge is 0.330 e. The van der Waals surface area contributed by atoms with Crippen LogP contribution in [-0.4, -0.2) is 40.4 Å². The molecule has 6 nitrogen and oxygen atoms in total. The van der Waals surface area contributed by atoms with Crippen molar-refractivity contribution in [2.24, 2.45) is 0 Å². The van der Waals surface area contributed by atoms with Crippen molar-refractivity contribution < 1.29 is 14.3 Å². The molecule has 1 amide bonds.